The molecule has 8 nitrogen and oxygen atoms in total. The van der Waals surface area contributed by atoms with Crippen LogP contribution in [0.4, 0.5) is 0 Å². The van der Waals surface area contributed by atoms with Gasteiger partial charge in [-0.2, -0.15) is 4.98 Å². The number of nitrogens with one attached hydrogen (secondary N) is 1. The van der Waals surface area contributed by atoms with E-state index in [0.717, 1.165) is 12.8 Å². The molecule has 10 heteroatoms. The van der Waals surface area contributed by atoms with Gasteiger partial charge in [0.1, 0.15) is 0 Å². The van der Waals surface area contributed by atoms with Crippen LogP contribution in [-0.4, -0.2) is 49.0 Å². The van der Waals surface area contributed by atoms with Crippen molar-refractivity contribution in [2.75, 3.05) is 19.6 Å². The second-order valence-corrected chi connectivity index (χ2v) is 8.80. The highest BCUT2D eigenvalue weighted by Crippen LogP contribution is 2.32. The van der Waals surface area contributed by atoms with Crippen molar-refractivity contribution in [2.24, 2.45) is 0 Å². The molecule has 0 unspecified atom stereocenters. The number of nitrogens with zero attached hydrogens (tertiary/aromatic N) is 3. The number of carbonyl (C=O) groups excluding carboxylic acids is 1. The van der Waals surface area contributed by atoms with Crippen molar-refractivity contribution < 1.29 is 17.7 Å². The van der Waals surface area contributed by atoms with Crippen molar-refractivity contribution in [3.63, 3.8) is 0 Å². The summed E-state index contributed by atoms with van der Waals surface area (Å²) in [6.45, 7) is 4.77. The molecule has 2 aromatic heterocycles. The van der Waals surface area contributed by atoms with E-state index in [4.69, 9.17) is 4.52 Å². The highest BCUT2D eigenvalue weighted by atomic mass is 32.2. The Bertz CT molecular complexity index is 866. The molecule has 1 amide bonds. The van der Waals surface area contributed by atoms with Crippen LogP contribution in [0.25, 0.3) is 10.7 Å². The van der Waals surface area contributed by atoms with Crippen LogP contribution >= 0.6 is 11.3 Å². The lowest BCUT2D eigenvalue weighted by molar-refractivity contribution is -0.128. The molecule has 3 heterocycles. The molecule has 25 heavy (non-hydrogen) atoms. The van der Waals surface area contributed by atoms with Gasteiger partial charge in [-0.15, -0.1) is 11.3 Å². The molecule has 0 saturated carbocycles. The number of thiophene rings is 1. The first-order chi connectivity index (χ1) is 11.9. The minimum atomic E-state index is -3.77. The Labute approximate surface area is 150 Å². The van der Waals surface area contributed by atoms with E-state index in [1.807, 2.05) is 6.92 Å². The van der Waals surface area contributed by atoms with Crippen LogP contribution in [0.2, 0.25) is 0 Å². The van der Waals surface area contributed by atoms with Crippen LogP contribution in [0.15, 0.2) is 15.5 Å². The van der Waals surface area contributed by atoms with E-state index in [1.165, 1.54) is 17.4 Å². The summed E-state index contributed by atoms with van der Waals surface area (Å²) in [4.78, 5) is 19.3. The Morgan fingerprint density at radius 2 is 2.12 bits per heavy atom. The Balaban J connectivity index is 1.74. The number of aryl methyl sites for hydroxylation is 2. The third kappa shape index (κ3) is 3.91. The second-order valence-electron chi connectivity index (χ2n) is 5.81. The zero-order chi connectivity index (χ0) is 18.0. The van der Waals surface area contributed by atoms with E-state index in [-0.39, 0.29) is 17.3 Å². The van der Waals surface area contributed by atoms with Crippen molar-refractivity contribution in [3.8, 4) is 10.7 Å². The van der Waals surface area contributed by atoms with Crippen molar-refractivity contribution >= 4 is 27.3 Å². The van der Waals surface area contributed by atoms with Gasteiger partial charge in [0.05, 0.1) is 16.3 Å². The van der Waals surface area contributed by atoms with Crippen molar-refractivity contribution in [2.45, 2.75) is 38.0 Å². The van der Waals surface area contributed by atoms with Gasteiger partial charge in [-0.1, -0.05) is 12.1 Å². The highest BCUT2D eigenvalue weighted by Gasteiger charge is 2.25. The van der Waals surface area contributed by atoms with Crippen LogP contribution in [0.5, 0.6) is 0 Å². The van der Waals surface area contributed by atoms with Gasteiger partial charge in [0, 0.05) is 24.4 Å². The number of hydrogen-bond acceptors (Lipinski definition) is 7. The van der Waals surface area contributed by atoms with Gasteiger partial charge in [0.2, 0.25) is 27.6 Å². The van der Waals surface area contributed by atoms with Gasteiger partial charge in [0.25, 0.3) is 0 Å². The lowest BCUT2D eigenvalue weighted by Gasteiger charge is -2.15. The quantitative estimate of drug-likeness (QED) is 0.810. The van der Waals surface area contributed by atoms with Crippen LogP contribution in [0.3, 0.4) is 0 Å². The number of aromatic nitrogens is 2. The van der Waals surface area contributed by atoms with Crippen molar-refractivity contribution in [1.29, 1.82) is 0 Å². The van der Waals surface area contributed by atoms with Crippen molar-refractivity contribution in [3.05, 3.63) is 16.8 Å². The minimum Gasteiger partial charge on any atom is -0.342 e. The van der Waals surface area contributed by atoms with Gasteiger partial charge < -0.3 is 9.42 Å². The summed E-state index contributed by atoms with van der Waals surface area (Å²) in [6.07, 6.45) is 2.55. The maximum absolute atomic E-state index is 12.5. The van der Waals surface area contributed by atoms with Gasteiger partial charge in [-0.25, -0.2) is 13.1 Å². The summed E-state index contributed by atoms with van der Waals surface area (Å²) in [6, 6.07) is 1.52. The molecule has 0 atom stereocenters. The first-order valence-corrected chi connectivity index (χ1v) is 10.4. The average molecular weight is 384 g/mol. The van der Waals surface area contributed by atoms with Crippen LogP contribution in [-0.2, 0) is 21.2 Å². The standard InChI is InChI=1S/C15H20N4O4S2/c1-3-13-17-15(18-23-13)11-8-12(10(2)24-11)25(21,22)16-9-14(20)19-6-4-5-7-19/h8,16H,3-7,9H2,1-2H3. The molecule has 0 aliphatic carbocycles. The zero-order valence-corrected chi connectivity index (χ0v) is 15.7. The smallest absolute Gasteiger partial charge is 0.242 e. The van der Waals surface area contributed by atoms with Gasteiger partial charge in [-0.3, -0.25) is 4.79 Å². The molecule has 2 aromatic rings. The lowest BCUT2D eigenvalue weighted by Crippen LogP contribution is -2.38. The molecule has 3 rings (SSSR count). The van der Waals surface area contributed by atoms with E-state index in [0.29, 0.717) is 41.0 Å². The molecular formula is C15H20N4O4S2. The number of amides is 1. The Kier molecular flexibility index (Phi) is 5.21. The maximum atomic E-state index is 12.5. The molecule has 0 bridgehead atoms. The molecule has 1 N–H and O–H groups in total. The fourth-order valence-corrected chi connectivity index (χ4v) is 5.14. The number of likely N-dealkylation sites (tertiary alicyclic amines) is 1. The fourth-order valence-electron chi connectivity index (χ4n) is 2.65. The average Bonchev–Trinajstić information content (AvgIpc) is 3.31. The third-order valence-corrected chi connectivity index (χ3v) is 6.73. The summed E-state index contributed by atoms with van der Waals surface area (Å²) in [5.74, 6) is 0.680. The normalized spacial score (nSPS) is 15.0. The Morgan fingerprint density at radius 1 is 1.40 bits per heavy atom. The Morgan fingerprint density at radius 3 is 2.76 bits per heavy atom. The van der Waals surface area contributed by atoms with Crippen molar-refractivity contribution in [1.82, 2.24) is 19.8 Å². The number of sulfonamides is 1. The summed E-state index contributed by atoms with van der Waals surface area (Å²) < 4.78 is 32.5. The fraction of sp³-hybridized carbons (Fsp3) is 0.533. The third-order valence-electron chi connectivity index (χ3n) is 4.02. The zero-order valence-electron chi connectivity index (χ0n) is 14.1. The molecule has 1 saturated heterocycles. The van der Waals surface area contributed by atoms with E-state index >= 15 is 0 Å². The summed E-state index contributed by atoms with van der Waals surface area (Å²) in [5.41, 5.74) is 0. The first-order valence-electron chi connectivity index (χ1n) is 8.11. The molecule has 136 valence electrons. The maximum Gasteiger partial charge on any atom is 0.242 e. The molecule has 0 aromatic carbocycles. The van der Waals surface area contributed by atoms with E-state index < -0.39 is 10.0 Å². The van der Waals surface area contributed by atoms with E-state index in [9.17, 15) is 13.2 Å². The molecular weight excluding hydrogens is 364 g/mol. The van der Waals surface area contributed by atoms with E-state index in [1.54, 1.807) is 11.8 Å². The minimum absolute atomic E-state index is 0.143. The topological polar surface area (TPSA) is 105 Å². The predicted molar refractivity (Wildman–Crippen MR) is 92.7 cm³/mol. The molecule has 1 aliphatic heterocycles. The summed E-state index contributed by atoms with van der Waals surface area (Å²) >= 11 is 1.28. The highest BCUT2D eigenvalue weighted by molar-refractivity contribution is 7.89. The molecule has 0 radical (unpaired) electrons. The monoisotopic (exact) mass is 384 g/mol. The van der Waals surface area contributed by atoms with Gasteiger partial charge >= 0.3 is 0 Å². The largest absolute Gasteiger partial charge is 0.342 e. The summed E-state index contributed by atoms with van der Waals surface area (Å²) in [5, 5.41) is 3.87. The van der Waals surface area contributed by atoms with Crippen LogP contribution in [0.1, 0.15) is 30.5 Å². The second kappa shape index (κ2) is 7.22. The molecule has 0 spiro atoms. The van der Waals surface area contributed by atoms with E-state index in [2.05, 4.69) is 14.9 Å². The number of hydrogen-bond donors (Lipinski definition) is 1. The summed E-state index contributed by atoms with van der Waals surface area (Å²) in [7, 11) is -3.77. The molecule has 1 aliphatic rings. The first kappa shape index (κ1) is 18.0. The van der Waals surface area contributed by atoms with Gasteiger partial charge in [-0.05, 0) is 25.8 Å². The molecule has 1 fully saturated rings. The Hall–Kier alpha value is -1.78. The number of carbonyl (C=O) groups is 1. The number of rotatable bonds is 6. The van der Waals surface area contributed by atoms with Crippen LogP contribution in [0, 0.1) is 6.92 Å². The predicted octanol–water partition coefficient (Wildman–Crippen LogP) is 1.57. The van der Waals surface area contributed by atoms with Gasteiger partial charge in [0.15, 0.2) is 0 Å². The lowest BCUT2D eigenvalue weighted by atomic mass is 10.4. The van der Waals surface area contributed by atoms with Crippen LogP contribution < -0.4 is 4.72 Å². The SMILES string of the molecule is CCc1nc(-c2cc(S(=O)(=O)NCC(=O)N3CCCC3)c(C)s2)no1.